The molecule has 0 amide bonds. The van der Waals surface area contributed by atoms with Crippen LogP contribution in [0.4, 0.5) is 0 Å². The quantitative estimate of drug-likeness (QED) is 0.704. The molecule has 0 radical (unpaired) electrons. The van der Waals surface area contributed by atoms with E-state index in [9.17, 15) is 0 Å². The topological polar surface area (TPSA) is 18.5 Å². The number of rotatable bonds is 6. The lowest BCUT2D eigenvalue weighted by molar-refractivity contribution is 0.153. The van der Waals surface area contributed by atoms with Crippen molar-refractivity contribution in [2.75, 3.05) is 52.9 Å². The number of likely N-dealkylation sites (N-methyl/N-ethyl adjacent to an activating group) is 1. The second kappa shape index (κ2) is 5.68. The molecule has 0 unspecified atom stereocenters. The van der Waals surface area contributed by atoms with E-state index < -0.39 is 0 Å². The van der Waals surface area contributed by atoms with Crippen molar-refractivity contribution in [1.82, 2.24) is 15.1 Å². The van der Waals surface area contributed by atoms with Gasteiger partial charge in [0.1, 0.15) is 0 Å². The van der Waals surface area contributed by atoms with Gasteiger partial charge in [-0.25, -0.2) is 0 Å². The molecule has 1 aliphatic carbocycles. The largest absolute Gasteiger partial charge is 0.315 e. The summed E-state index contributed by atoms with van der Waals surface area (Å²) in [6, 6.07) is 0. The third-order valence-electron chi connectivity index (χ3n) is 4.79. The molecule has 100 valence electrons. The third kappa shape index (κ3) is 3.67. The molecule has 0 spiro atoms. The summed E-state index contributed by atoms with van der Waals surface area (Å²) in [5, 5.41) is 3.67. The Hall–Kier alpha value is -0.120. The molecule has 2 aliphatic rings. The van der Waals surface area contributed by atoms with E-state index in [1.807, 2.05) is 0 Å². The minimum atomic E-state index is 0.655. The van der Waals surface area contributed by atoms with Crippen LogP contribution in [0.2, 0.25) is 0 Å². The summed E-state index contributed by atoms with van der Waals surface area (Å²) in [6.07, 6.45) is 2.87. The van der Waals surface area contributed by atoms with Crippen LogP contribution in [0, 0.1) is 11.3 Å². The van der Waals surface area contributed by atoms with Gasteiger partial charge in [-0.2, -0.15) is 0 Å². The smallest absolute Gasteiger partial charge is 0.0110 e. The van der Waals surface area contributed by atoms with Crippen molar-refractivity contribution in [3.63, 3.8) is 0 Å². The van der Waals surface area contributed by atoms with Gasteiger partial charge >= 0.3 is 0 Å². The van der Waals surface area contributed by atoms with Crippen molar-refractivity contribution in [3.05, 3.63) is 0 Å². The molecule has 0 bridgehead atoms. The number of hydrogen-bond acceptors (Lipinski definition) is 3. The first kappa shape index (κ1) is 13.3. The summed E-state index contributed by atoms with van der Waals surface area (Å²) < 4.78 is 0. The molecule has 0 aromatic heterocycles. The highest BCUT2D eigenvalue weighted by Crippen LogP contribution is 2.51. The van der Waals surface area contributed by atoms with Crippen LogP contribution in [0.25, 0.3) is 0 Å². The Morgan fingerprint density at radius 1 is 1.12 bits per heavy atom. The molecule has 17 heavy (non-hydrogen) atoms. The minimum absolute atomic E-state index is 0.655. The monoisotopic (exact) mass is 239 g/mol. The first-order valence-corrected chi connectivity index (χ1v) is 7.24. The maximum absolute atomic E-state index is 3.67. The van der Waals surface area contributed by atoms with Gasteiger partial charge in [-0.3, -0.25) is 4.90 Å². The fourth-order valence-electron chi connectivity index (χ4n) is 2.76. The van der Waals surface area contributed by atoms with Crippen LogP contribution in [-0.2, 0) is 0 Å². The predicted octanol–water partition coefficient (Wildman–Crippen LogP) is 1.26. The summed E-state index contributed by atoms with van der Waals surface area (Å²) in [4.78, 5) is 5.00. The molecule has 2 rings (SSSR count). The molecular weight excluding hydrogens is 210 g/mol. The first-order chi connectivity index (χ1) is 8.12. The Balaban J connectivity index is 1.55. The second-order valence-electron chi connectivity index (χ2n) is 6.34. The van der Waals surface area contributed by atoms with E-state index in [-0.39, 0.29) is 0 Å². The SMILES string of the molecule is CC(C)C1(CNCCN2CCN(C)CC2)CC1. The molecule has 1 aliphatic heterocycles. The average Bonchev–Trinajstić information content (AvgIpc) is 3.08. The molecule has 0 aromatic carbocycles. The van der Waals surface area contributed by atoms with E-state index in [4.69, 9.17) is 0 Å². The zero-order valence-electron chi connectivity index (χ0n) is 11.8. The molecule has 3 nitrogen and oxygen atoms in total. The maximum atomic E-state index is 3.67. The molecule has 0 aromatic rings. The number of nitrogens with zero attached hydrogens (tertiary/aromatic N) is 2. The Labute approximate surface area is 107 Å². The molecule has 1 saturated heterocycles. The highest BCUT2D eigenvalue weighted by molar-refractivity contribution is 4.97. The summed E-state index contributed by atoms with van der Waals surface area (Å²) in [5.74, 6) is 0.846. The van der Waals surface area contributed by atoms with E-state index in [0.29, 0.717) is 5.41 Å². The summed E-state index contributed by atoms with van der Waals surface area (Å²) >= 11 is 0. The van der Waals surface area contributed by atoms with Gasteiger partial charge in [0.2, 0.25) is 0 Å². The van der Waals surface area contributed by atoms with E-state index in [1.165, 1.54) is 52.1 Å². The Morgan fingerprint density at radius 3 is 2.29 bits per heavy atom. The predicted molar refractivity (Wildman–Crippen MR) is 73.3 cm³/mol. The maximum Gasteiger partial charge on any atom is 0.0110 e. The van der Waals surface area contributed by atoms with Gasteiger partial charge in [0.15, 0.2) is 0 Å². The van der Waals surface area contributed by atoms with Crippen molar-refractivity contribution >= 4 is 0 Å². The molecule has 2 fully saturated rings. The van der Waals surface area contributed by atoms with Gasteiger partial charge in [-0.15, -0.1) is 0 Å². The van der Waals surface area contributed by atoms with Crippen LogP contribution in [0.5, 0.6) is 0 Å². The number of hydrogen-bond donors (Lipinski definition) is 1. The highest BCUT2D eigenvalue weighted by atomic mass is 15.2. The second-order valence-corrected chi connectivity index (χ2v) is 6.34. The van der Waals surface area contributed by atoms with E-state index in [0.717, 1.165) is 12.5 Å². The molecule has 3 heteroatoms. The lowest BCUT2D eigenvalue weighted by Crippen LogP contribution is -2.46. The van der Waals surface area contributed by atoms with Crippen LogP contribution in [0.15, 0.2) is 0 Å². The Morgan fingerprint density at radius 2 is 1.76 bits per heavy atom. The molecule has 0 atom stereocenters. The van der Waals surface area contributed by atoms with Crippen LogP contribution >= 0.6 is 0 Å². The van der Waals surface area contributed by atoms with Crippen molar-refractivity contribution in [1.29, 1.82) is 0 Å². The van der Waals surface area contributed by atoms with E-state index >= 15 is 0 Å². The van der Waals surface area contributed by atoms with Crippen LogP contribution < -0.4 is 5.32 Å². The van der Waals surface area contributed by atoms with Crippen LogP contribution in [0.1, 0.15) is 26.7 Å². The van der Waals surface area contributed by atoms with Gasteiger partial charge in [-0.05, 0) is 31.2 Å². The van der Waals surface area contributed by atoms with Crippen molar-refractivity contribution < 1.29 is 0 Å². The summed E-state index contributed by atoms with van der Waals surface area (Å²) in [7, 11) is 2.22. The van der Waals surface area contributed by atoms with Crippen molar-refractivity contribution in [2.24, 2.45) is 11.3 Å². The zero-order chi connectivity index (χ0) is 12.3. The molecule has 1 N–H and O–H groups in total. The highest BCUT2D eigenvalue weighted by Gasteiger charge is 2.44. The fraction of sp³-hybridized carbons (Fsp3) is 1.00. The normalized spacial score (nSPS) is 25.4. The van der Waals surface area contributed by atoms with Crippen LogP contribution in [-0.4, -0.2) is 62.7 Å². The summed E-state index contributed by atoms with van der Waals surface area (Å²) in [6.45, 7) is 13.3. The van der Waals surface area contributed by atoms with Gasteiger partial charge < -0.3 is 10.2 Å². The Kier molecular flexibility index (Phi) is 4.45. The van der Waals surface area contributed by atoms with Crippen LogP contribution in [0.3, 0.4) is 0 Å². The minimum Gasteiger partial charge on any atom is -0.315 e. The van der Waals surface area contributed by atoms with Gasteiger partial charge in [0.25, 0.3) is 0 Å². The lowest BCUT2D eigenvalue weighted by atomic mass is 9.92. The third-order valence-corrected chi connectivity index (χ3v) is 4.79. The average molecular weight is 239 g/mol. The fourth-order valence-corrected chi connectivity index (χ4v) is 2.76. The van der Waals surface area contributed by atoms with Crippen molar-refractivity contribution in [3.8, 4) is 0 Å². The molecule has 1 saturated carbocycles. The molecule has 1 heterocycles. The summed E-state index contributed by atoms with van der Waals surface area (Å²) in [5.41, 5.74) is 0.655. The molecular formula is C14H29N3. The lowest BCUT2D eigenvalue weighted by Gasteiger charge is -2.32. The van der Waals surface area contributed by atoms with Crippen molar-refractivity contribution in [2.45, 2.75) is 26.7 Å². The van der Waals surface area contributed by atoms with Gasteiger partial charge in [-0.1, -0.05) is 13.8 Å². The van der Waals surface area contributed by atoms with E-state index in [1.54, 1.807) is 0 Å². The van der Waals surface area contributed by atoms with Gasteiger partial charge in [0, 0.05) is 45.8 Å². The number of nitrogens with one attached hydrogen (secondary N) is 1. The van der Waals surface area contributed by atoms with E-state index in [2.05, 4.69) is 36.0 Å². The zero-order valence-corrected chi connectivity index (χ0v) is 11.8. The Bertz CT molecular complexity index is 228. The number of piperazine rings is 1. The first-order valence-electron chi connectivity index (χ1n) is 7.24. The van der Waals surface area contributed by atoms with Gasteiger partial charge in [0.05, 0.1) is 0 Å². The standard InChI is InChI=1S/C14H29N3/c1-13(2)14(4-5-14)12-15-6-7-17-10-8-16(3)9-11-17/h13,15H,4-12H2,1-3H3.